The molecule has 0 amide bonds. The maximum atomic E-state index is 11.4. The van der Waals surface area contributed by atoms with E-state index in [0.717, 1.165) is 5.56 Å². The van der Waals surface area contributed by atoms with Crippen LogP contribution in [0.5, 0.6) is 0 Å². The average Bonchev–Trinajstić information content (AvgIpc) is 2.20. The Morgan fingerprint density at radius 1 is 1.20 bits per heavy atom. The van der Waals surface area contributed by atoms with Crippen molar-refractivity contribution in [2.75, 3.05) is 7.11 Å². The molecule has 1 aromatic rings. The minimum absolute atomic E-state index is 0.203. The van der Waals surface area contributed by atoms with E-state index in [2.05, 4.69) is 4.74 Å². The Hall–Kier alpha value is -1.64. The van der Waals surface area contributed by atoms with Crippen molar-refractivity contribution in [2.45, 2.75) is 19.8 Å². The van der Waals surface area contributed by atoms with Crippen LogP contribution in [0.4, 0.5) is 0 Å². The zero-order valence-corrected chi connectivity index (χ0v) is 9.11. The number of carbonyl (C=O) groups excluding carboxylic acids is 2. The highest BCUT2D eigenvalue weighted by molar-refractivity contribution is 6.03. The van der Waals surface area contributed by atoms with Gasteiger partial charge in [-0.05, 0) is 19.4 Å². The number of rotatable bonds is 3. The number of Topliss-reactive ketones (excluding diaryl/α,β-unsaturated/α-hetero) is 1. The summed E-state index contributed by atoms with van der Waals surface area (Å²) in [7, 11) is 1.28. The zero-order valence-electron chi connectivity index (χ0n) is 9.11. The molecular formula is C12H14O3. The molecule has 0 spiro atoms. The highest BCUT2D eigenvalue weighted by Crippen LogP contribution is 2.18. The molecule has 1 atom stereocenters. The number of hydrogen-bond donors (Lipinski definition) is 0. The van der Waals surface area contributed by atoms with Crippen LogP contribution < -0.4 is 0 Å². The zero-order chi connectivity index (χ0) is 11.4. The van der Waals surface area contributed by atoms with E-state index in [-0.39, 0.29) is 5.78 Å². The SMILES string of the molecule is COC(=O)C(C(C)=O)c1ccc(C)cc1. The second-order valence-electron chi connectivity index (χ2n) is 3.48. The molecule has 0 saturated heterocycles. The van der Waals surface area contributed by atoms with E-state index >= 15 is 0 Å². The normalized spacial score (nSPS) is 11.9. The van der Waals surface area contributed by atoms with E-state index in [1.165, 1.54) is 14.0 Å². The van der Waals surface area contributed by atoms with Crippen molar-refractivity contribution < 1.29 is 14.3 Å². The molecule has 0 fully saturated rings. The maximum Gasteiger partial charge on any atom is 0.320 e. The Labute approximate surface area is 89.1 Å². The highest BCUT2D eigenvalue weighted by atomic mass is 16.5. The first-order chi connectivity index (χ1) is 7.06. The molecule has 1 unspecified atom stereocenters. The maximum absolute atomic E-state index is 11.4. The summed E-state index contributed by atoms with van der Waals surface area (Å²) in [5.74, 6) is -1.51. The van der Waals surface area contributed by atoms with Crippen molar-refractivity contribution in [3.8, 4) is 0 Å². The monoisotopic (exact) mass is 206 g/mol. The largest absolute Gasteiger partial charge is 0.468 e. The van der Waals surface area contributed by atoms with Gasteiger partial charge in [0.15, 0.2) is 0 Å². The molecular weight excluding hydrogens is 192 g/mol. The van der Waals surface area contributed by atoms with E-state index in [9.17, 15) is 9.59 Å². The van der Waals surface area contributed by atoms with Gasteiger partial charge in [0.25, 0.3) is 0 Å². The molecule has 15 heavy (non-hydrogen) atoms. The molecule has 0 heterocycles. The quantitative estimate of drug-likeness (QED) is 0.560. The lowest BCUT2D eigenvalue weighted by Crippen LogP contribution is -2.21. The van der Waals surface area contributed by atoms with E-state index in [0.29, 0.717) is 5.56 Å². The Bertz CT molecular complexity index is 365. The van der Waals surface area contributed by atoms with Gasteiger partial charge < -0.3 is 4.74 Å². The molecule has 3 heteroatoms. The van der Waals surface area contributed by atoms with Gasteiger partial charge in [0.05, 0.1) is 7.11 Å². The Morgan fingerprint density at radius 3 is 2.13 bits per heavy atom. The predicted molar refractivity (Wildman–Crippen MR) is 56.6 cm³/mol. The van der Waals surface area contributed by atoms with Crippen molar-refractivity contribution in [3.63, 3.8) is 0 Å². The van der Waals surface area contributed by atoms with Crippen LogP contribution >= 0.6 is 0 Å². The van der Waals surface area contributed by atoms with Gasteiger partial charge in [-0.25, -0.2) is 0 Å². The fraction of sp³-hybridized carbons (Fsp3) is 0.333. The third kappa shape index (κ3) is 2.65. The lowest BCUT2D eigenvalue weighted by molar-refractivity contribution is -0.145. The van der Waals surface area contributed by atoms with E-state index in [1.807, 2.05) is 19.1 Å². The first-order valence-corrected chi connectivity index (χ1v) is 4.71. The summed E-state index contributed by atoms with van der Waals surface area (Å²) in [6.45, 7) is 3.34. The van der Waals surface area contributed by atoms with E-state index in [4.69, 9.17) is 0 Å². The number of ether oxygens (including phenoxy) is 1. The molecule has 0 aliphatic rings. The highest BCUT2D eigenvalue weighted by Gasteiger charge is 2.25. The number of esters is 1. The van der Waals surface area contributed by atoms with Gasteiger partial charge >= 0.3 is 5.97 Å². The van der Waals surface area contributed by atoms with Gasteiger partial charge in [0, 0.05) is 0 Å². The fourth-order valence-electron chi connectivity index (χ4n) is 1.41. The minimum Gasteiger partial charge on any atom is -0.468 e. The standard InChI is InChI=1S/C12H14O3/c1-8-4-6-10(7-5-8)11(9(2)13)12(14)15-3/h4-7,11H,1-3H3. The summed E-state index contributed by atoms with van der Waals surface area (Å²) >= 11 is 0. The van der Waals surface area contributed by atoms with Crippen molar-refractivity contribution in [1.82, 2.24) is 0 Å². The fourth-order valence-corrected chi connectivity index (χ4v) is 1.41. The minimum atomic E-state index is -0.796. The van der Waals surface area contributed by atoms with Gasteiger partial charge in [0.1, 0.15) is 11.7 Å². The molecule has 1 aromatic carbocycles. The van der Waals surface area contributed by atoms with Crippen LogP contribution in [-0.2, 0) is 14.3 Å². The summed E-state index contributed by atoms with van der Waals surface area (Å²) in [6, 6.07) is 7.29. The van der Waals surface area contributed by atoms with E-state index in [1.54, 1.807) is 12.1 Å². The second-order valence-corrected chi connectivity index (χ2v) is 3.48. The van der Waals surface area contributed by atoms with E-state index < -0.39 is 11.9 Å². The number of methoxy groups -OCH3 is 1. The van der Waals surface area contributed by atoms with Crippen LogP contribution in [0.2, 0.25) is 0 Å². The number of aryl methyl sites for hydroxylation is 1. The predicted octanol–water partition coefficient (Wildman–Crippen LogP) is 1.84. The van der Waals surface area contributed by atoms with Crippen LogP contribution in [0, 0.1) is 6.92 Å². The van der Waals surface area contributed by atoms with Crippen molar-refractivity contribution >= 4 is 11.8 Å². The third-order valence-corrected chi connectivity index (χ3v) is 2.25. The van der Waals surface area contributed by atoms with Gasteiger partial charge in [-0.3, -0.25) is 9.59 Å². The summed E-state index contributed by atoms with van der Waals surface area (Å²) in [6.07, 6.45) is 0. The molecule has 80 valence electrons. The Morgan fingerprint density at radius 2 is 1.73 bits per heavy atom. The Kier molecular flexibility index (Phi) is 3.61. The number of carbonyl (C=O) groups is 2. The van der Waals surface area contributed by atoms with Crippen molar-refractivity contribution in [3.05, 3.63) is 35.4 Å². The summed E-state index contributed by atoms with van der Waals surface area (Å²) < 4.78 is 4.60. The summed E-state index contributed by atoms with van der Waals surface area (Å²) in [5.41, 5.74) is 1.77. The van der Waals surface area contributed by atoms with Gasteiger partial charge in [0.2, 0.25) is 0 Å². The number of ketones is 1. The first kappa shape index (κ1) is 11.4. The lowest BCUT2D eigenvalue weighted by Gasteiger charge is -2.11. The number of benzene rings is 1. The lowest BCUT2D eigenvalue weighted by atomic mass is 9.95. The molecule has 0 N–H and O–H groups in total. The average molecular weight is 206 g/mol. The second kappa shape index (κ2) is 4.73. The van der Waals surface area contributed by atoms with Crippen LogP contribution in [0.1, 0.15) is 24.0 Å². The van der Waals surface area contributed by atoms with Crippen LogP contribution in [0.15, 0.2) is 24.3 Å². The molecule has 0 saturated carbocycles. The first-order valence-electron chi connectivity index (χ1n) is 4.71. The van der Waals surface area contributed by atoms with Gasteiger partial charge in [-0.15, -0.1) is 0 Å². The van der Waals surface area contributed by atoms with Crippen molar-refractivity contribution in [2.24, 2.45) is 0 Å². The molecule has 1 rings (SSSR count). The van der Waals surface area contributed by atoms with Gasteiger partial charge in [-0.1, -0.05) is 29.8 Å². The molecule has 0 aromatic heterocycles. The Balaban J connectivity index is 3.04. The summed E-state index contributed by atoms with van der Waals surface area (Å²) in [5, 5.41) is 0. The number of hydrogen-bond acceptors (Lipinski definition) is 3. The third-order valence-electron chi connectivity index (χ3n) is 2.25. The smallest absolute Gasteiger partial charge is 0.320 e. The molecule has 0 aliphatic heterocycles. The molecule has 3 nitrogen and oxygen atoms in total. The van der Waals surface area contributed by atoms with Crippen LogP contribution in [-0.4, -0.2) is 18.9 Å². The topological polar surface area (TPSA) is 43.4 Å². The molecule has 0 aliphatic carbocycles. The molecule has 0 bridgehead atoms. The van der Waals surface area contributed by atoms with Crippen LogP contribution in [0.3, 0.4) is 0 Å². The summed E-state index contributed by atoms with van der Waals surface area (Å²) in [4.78, 5) is 22.7. The molecule has 0 radical (unpaired) electrons. The van der Waals surface area contributed by atoms with Gasteiger partial charge in [-0.2, -0.15) is 0 Å². The van der Waals surface area contributed by atoms with Crippen molar-refractivity contribution in [1.29, 1.82) is 0 Å². The van der Waals surface area contributed by atoms with Crippen LogP contribution in [0.25, 0.3) is 0 Å².